The monoisotopic (exact) mass is 404 g/mol. The molecule has 28 heavy (non-hydrogen) atoms. The van der Waals surface area contributed by atoms with Gasteiger partial charge in [0.05, 0.1) is 29.9 Å². The minimum Gasteiger partial charge on any atom is -0.413 e. The zero-order valence-corrected chi connectivity index (χ0v) is 18.9. The summed E-state index contributed by atoms with van der Waals surface area (Å²) < 4.78 is 6.51. The second kappa shape index (κ2) is 6.02. The molecule has 7 heteroatoms. The van der Waals surface area contributed by atoms with Crippen LogP contribution >= 0.6 is 0 Å². The maximum Gasteiger partial charge on any atom is 0.233 e. The third-order valence-electron chi connectivity index (χ3n) is 7.99. The molecule has 7 atom stereocenters. The van der Waals surface area contributed by atoms with Gasteiger partial charge >= 0.3 is 0 Å². The fourth-order valence-electron chi connectivity index (χ4n) is 5.43. The molecule has 1 N–H and O–H groups in total. The predicted molar refractivity (Wildman–Crippen MR) is 108 cm³/mol. The Kier molecular flexibility index (Phi) is 4.26. The normalized spacial score (nSPS) is 38.3. The third-order valence-corrected chi connectivity index (χ3v) is 12.6. The molecule has 0 aromatic rings. The Morgan fingerprint density at radius 3 is 2.36 bits per heavy atom. The fraction of sp³-hybridized carbons (Fsp3) is 0.762. The molecule has 3 amide bonds. The molecule has 0 aromatic carbocycles. The second-order valence-corrected chi connectivity index (χ2v) is 15.3. The average molecular weight is 405 g/mol. The summed E-state index contributed by atoms with van der Waals surface area (Å²) >= 11 is 0. The lowest BCUT2D eigenvalue weighted by Crippen LogP contribution is -2.65. The van der Waals surface area contributed by atoms with E-state index >= 15 is 0 Å². The van der Waals surface area contributed by atoms with Crippen molar-refractivity contribution in [3.05, 3.63) is 11.6 Å². The Bertz CT molecular complexity index is 784. The van der Waals surface area contributed by atoms with Crippen LogP contribution in [0.5, 0.6) is 0 Å². The minimum absolute atomic E-state index is 0.0300. The van der Waals surface area contributed by atoms with Crippen molar-refractivity contribution in [1.82, 2.24) is 10.2 Å². The van der Waals surface area contributed by atoms with Gasteiger partial charge in [-0.05, 0) is 48.9 Å². The van der Waals surface area contributed by atoms with Gasteiger partial charge in [-0.2, -0.15) is 0 Å². The number of β-lactam (4-membered cyclic amide) rings is 1. The Labute approximate surface area is 168 Å². The Balaban J connectivity index is 1.54. The van der Waals surface area contributed by atoms with Crippen molar-refractivity contribution in [2.75, 3.05) is 7.05 Å². The van der Waals surface area contributed by atoms with E-state index in [4.69, 9.17) is 4.43 Å². The fourth-order valence-corrected chi connectivity index (χ4v) is 6.86. The van der Waals surface area contributed by atoms with E-state index in [1.54, 1.807) is 7.05 Å². The van der Waals surface area contributed by atoms with Crippen LogP contribution in [-0.4, -0.2) is 50.1 Å². The highest BCUT2D eigenvalue weighted by Crippen LogP contribution is 2.57. The number of nitrogens with zero attached hydrogens (tertiary/aromatic N) is 1. The maximum atomic E-state index is 12.6. The van der Waals surface area contributed by atoms with E-state index in [9.17, 15) is 14.4 Å². The lowest BCUT2D eigenvalue weighted by atomic mass is 9.72. The molecule has 2 saturated heterocycles. The van der Waals surface area contributed by atoms with Gasteiger partial charge in [-0.25, -0.2) is 0 Å². The number of likely N-dealkylation sites (tertiary alicyclic amines) is 1. The number of hydrogen-bond acceptors (Lipinski definition) is 4. The van der Waals surface area contributed by atoms with E-state index in [1.165, 1.54) is 4.90 Å². The number of carbonyl (C=O) groups excluding carboxylic acids is 3. The Hall–Kier alpha value is -1.47. The van der Waals surface area contributed by atoms with Gasteiger partial charge < -0.3 is 9.74 Å². The molecule has 0 spiro atoms. The number of allylic oxidation sites excluding steroid dienone is 1. The standard InChI is InChI=1S/C21H32N2O4Si/c1-10(27-28(6,7)21(2,3)4)14-17(22-18(14)24)13-9-11-8-12(13)16-15(11)19(25)23(5)20(16)26/h9-12,14-17H,8H2,1-7H3,(H,22,24)/t10-,11?,12?,14-,15?,16?,17-/m1/s1. The van der Waals surface area contributed by atoms with Crippen molar-refractivity contribution in [3.8, 4) is 0 Å². The van der Waals surface area contributed by atoms with Crippen molar-refractivity contribution in [2.45, 2.75) is 64.4 Å². The molecule has 1 saturated carbocycles. The first-order valence-corrected chi connectivity index (χ1v) is 13.3. The molecule has 154 valence electrons. The lowest BCUT2D eigenvalue weighted by Gasteiger charge is -2.47. The SMILES string of the molecule is C[C@@H](O[Si](C)(C)C(C)(C)C)[C@H]1C(=O)N[C@@H]1C1=CC2CC1C1C(=O)N(C)C(=O)C21. The summed E-state index contributed by atoms with van der Waals surface area (Å²) in [5, 5.41) is 3.14. The summed E-state index contributed by atoms with van der Waals surface area (Å²) in [6, 6.07) is -0.0722. The molecule has 4 aliphatic rings. The van der Waals surface area contributed by atoms with Crippen molar-refractivity contribution < 1.29 is 18.8 Å². The number of carbonyl (C=O) groups is 3. The quantitative estimate of drug-likeness (QED) is 0.338. The number of imide groups is 1. The van der Waals surface area contributed by atoms with Crippen LogP contribution < -0.4 is 5.32 Å². The van der Waals surface area contributed by atoms with Gasteiger partial charge in [0.15, 0.2) is 8.32 Å². The predicted octanol–water partition coefficient (Wildman–Crippen LogP) is 2.32. The molecule has 3 fully saturated rings. The first-order chi connectivity index (χ1) is 12.8. The van der Waals surface area contributed by atoms with Crippen LogP contribution in [0.15, 0.2) is 11.6 Å². The smallest absolute Gasteiger partial charge is 0.233 e. The molecule has 6 nitrogen and oxygen atoms in total. The van der Waals surface area contributed by atoms with E-state index < -0.39 is 8.32 Å². The first-order valence-electron chi connectivity index (χ1n) is 10.4. The molecule has 0 aromatic heterocycles. The summed E-state index contributed by atoms with van der Waals surface area (Å²) in [7, 11) is -0.395. The Morgan fingerprint density at radius 2 is 1.79 bits per heavy atom. The topological polar surface area (TPSA) is 75.7 Å². The van der Waals surface area contributed by atoms with Crippen molar-refractivity contribution in [1.29, 1.82) is 0 Å². The zero-order valence-electron chi connectivity index (χ0n) is 17.9. The molecule has 2 heterocycles. The molecule has 2 aliphatic carbocycles. The molecule has 4 rings (SSSR count). The van der Waals surface area contributed by atoms with E-state index in [0.29, 0.717) is 0 Å². The van der Waals surface area contributed by atoms with Crippen LogP contribution in [0.1, 0.15) is 34.1 Å². The number of hydrogen-bond donors (Lipinski definition) is 1. The summed E-state index contributed by atoms with van der Waals surface area (Å²) in [5.74, 6) is -0.516. The van der Waals surface area contributed by atoms with Crippen molar-refractivity contribution >= 4 is 26.0 Å². The number of rotatable bonds is 4. The van der Waals surface area contributed by atoms with Gasteiger partial charge in [0.1, 0.15) is 0 Å². The molecule has 0 radical (unpaired) electrons. The molecule has 2 bridgehead atoms. The summed E-state index contributed by atoms with van der Waals surface area (Å²) in [6.45, 7) is 13.0. The third kappa shape index (κ3) is 2.58. The van der Waals surface area contributed by atoms with Gasteiger partial charge in [-0.3, -0.25) is 19.3 Å². The van der Waals surface area contributed by atoms with Gasteiger partial charge in [-0.15, -0.1) is 0 Å². The Morgan fingerprint density at radius 1 is 1.18 bits per heavy atom. The van der Waals surface area contributed by atoms with Gasteiger partial charge in [0.25, 0.3) is 0 Å². The van der Waals surface area contributed by atoms with E-state index in [1.807, 2.05) is 6.92 Å². The highest BCUT2D eigenvalue weighted by atomic mass is 28.4. The lowest BCUT2D eigenvalue weighted by molar-refractivity contribution is -0.139. The molecule has 4 unspecified atom stereocenters. The molecule has 2 aliphatic heterocycles. The van der Waals surface area contributed by atoms with E-state index in [2.05, 4.69) is 45.3 Å². The van der Waals surface area contributed by atoms with Crippen LogP contribution in [-0.2, 0) is 18.8 Å². The number of nitrogens with one attached hydrogen (secondary N) is 1. The summed E-state index contributed by atoms with van der Waals surface area (Å²) in [5.41, 5.74) is 1.15. The molecular weight excluding hydrogens is 372 g/mol. The van der Waals surface area contributed by atoms with E-state index in [0.717, 1.165) is 12.0 Å². The highest BCUT2D eigenvalue weighted by molar-refractivity contribution is 6.74. The second-order valence-electron chi connectivity index (χ2n) is 10.6. The summed E-state index contributed by atoms with van der Waals surface area (Å²) in [4.78, 5) is 38.8. The largest absolute Gasteiger partial charge is 0.413 e. The van der Waals surface area contributed by atoms with Crippen LogP contribution in [0.3, 0.4) is 0 Å². The van der Waals surface area contributed by atoms with Gasteiger partial charge in [-0.1, -0.05) is 26.8 Å². The van der Waals surface area contributed by atoms with Crippen molar-refractivity contribution in [3.63, 3.8) is 0 Å². The van der Waals surface area contributed by atoms with Crippen LogP contribution in [0.2, 0.25) is 18.1 Å². The van der Waals surface area contributed by atoms with Crippen LogP contribution in [0.25, 0.3) is 0 Å². The number of amides is 3. The number of fused-ring (bicyclic) bond motifs is 5. The average Bonchev–Trinajstić information content (AvgIpc) is 3.19. The maximum absolute atomic E-state index is 12.6. The van der Waals surface area contributed by atoms with Crippen LogP contribution in [0, 0.1) is 29.6 Å². The first kappa shape index (κ1) is 19.8. The van der Waals surface area contributed by atoms with Gasteiger partial charge in [0, 0.05) is 7.05 Å². The van der Waals surface area contributed by atoms with Crippen molar-refractivity contribution in [2.24, 2.45) is 29.6 Å². The zero-order chi connectivity index (χ0) is 20.8. The summed E-state index contributed by atoms with van der Waals surface area (Å²) in [6.07, 6.45) is 2.86. The molecular formula is C21H32N2O4Si. The highest BCUT2D eigenvalue weighted by Gasteiger charge is 2.63. The minimum atomic E-state index is -1.98. The van der Waals surface area contributed by atoms with Crippen LogP contribution in [0.4, 0.5) is 0 Å². The van der Waals surface area contributed by atoms with E-state index in [-0.39, 0.29) is 64.5 Å². The van der Waals surface area contributed by atoms with Gasteiger partial charge in [0.2, 0.25) is 17.7 Å².